The van der Waals surface area contributed by atoms with Crippen LogP contribution in [0.2, 0.25) is 5.02 Å². The Hall–Kier alpha value is -2.65. The van der Waals surface area contributed by atoms with Crippen molar-refractivity contribution in [3.8, 4) is 0 Å². The van der Waals surface area contributed by atoms with E-state index in [0.717, 1.165) is 11.8 Å². The average Bonchev–Trinajstić information content (AvgIpc) is 3.10. The van der Waals surface area contributed by atoms with Gasteiger partial charge in [0.1, 0.15) is 10.7 Å². The summed E-state index contributed by atoms with van der Waals surface area (Å²) in [5, 5.41) is 14.0. The number of pyridine rings is 1. The Morgan fingerprint density at radius 2 is 2.22 bits per heavy atom. The fourth-order valence-electron chi connectivity index (χ4n) is 1.67. The van der Waals surface area contributed by atoms with Crippen molar-refractivity contribution in [3.05, 3.63) is 56.3 Å². The molecular weight excluding hydrogens is 344 g/mol. The minimum atomic E-state index is -0.650. The summed E-state index contributed by atoms with van der Waals surface area (Å²) >= 11 is 6.81. The third-order valence-corrected chi connectivity index (χ3v) is 3.78. The van der Waals surface area contributed by atoms with Crippen molar-refractivity contribution < 1.29 is 14.1 Å². The zero-order valence-electron chi connectivity index (χ0n) is 11.2. The molecule has 116 valence electrons. The van der Waals surface area contributed by atoms with Crippen LogP contribution in [0.15, 0.2) is 44.8 Å². The van der Waals surface area contributed by atoms with Crippen molar-refractivity contribution in [2.75, 3.05) is 0 Å². The van der Waals surface area contributed by atoms with Crippen molar-refractivity contribution in [2.45, 2.75) is 0 Å². The molecule has 1 saturated heterocycles. The van der Waals surface area contributed by atoms with Crippen LogP contribution >= 0.6 is 23.4 Å². The number of carbonyl (C=O) groups is 1. The lowest BCUT2D eigenvalue weighted by Crippen LogP contribution is -2.19. The van der Waals surface area contributed by atoms with Crippen molar-refractivity contribution in [1.82, 2.24) is 10.3 Å². The van der Waals surface area contributed by atoms with Gasteiger partial charge in [-0.15, -0.1) is 0 Å². The van der Waals surface area contributed by atoms with E-state index in [2.05, 4.69) is 15.3 Å². The van der Waals surface area contributed by atoms with E-state index in [1.54, 1.807) is 12.1 Å². The van der Waals surface area contributed by atoms with Gasteiger partial charge in [-0.1, -0.05) is 11.6 Å². The Morgan fingerprint density at radius 1 is 1.39 bits per heavy atom. The molecule has 2 aromatic rings. The number of aliphatic imine (C=N–C) groups is 1. The zero-order valence-corrected chi connectivity index (χ0v) is 12.8. The molecule has 0 radical (unpaired) electrons. The first-order chi connectivity index (χ1) is 11.0. The van der Waals surface area contributed by atoms with Crippen molar-refractivity contribution in [3.63, 3.8) is 0 Å². The molecule has 1 aliphatic heterocycles. The number of hydrogen-bond acceptors (Lipinski definition) is 7. The van der Waals surface area contributed by atoms with Crippen molar-refractivity contribution >= 4 is 52.2 Å². The number of thioether (sulfide) groups is 1. The normalized spacial score (nSPS) is 17.7. The number of nitrogens with one attached hydrogen (secondary N) is 1. The number of nitro groups is 1. The molecule has 1 fully saturated rings. The number of aromatic nitrogens is 1. The average molecular weight is 351 g/mol. The number of carbonyl (C=O) groups excluding carboxylic acids is 1. The van der Waals surface area contributed by atoms with Gasteiger partial charge in [0.25, 0.3) is 5.91 Å². The summed E-state index contributed by atoms with van der Waals surface area (Å²) in [6.45, 7) is 0. The van der Waals surface area contributed by atoms with E-state index in [1.165, 1.54) is 24.4 Å². The number of furan rings is 1. The van der Waals surface area contributed by atoms with Gasteiger partial charge in [-0.25, -0.2) is 9.98 Å². The molecule has 3 heterocycles. The van der Waals surface area contributed by atoms with E-state index in [4.69, 9.17) is 16.0 Å². The quantitative estimate of drug-likeness (QED) is 0.517. The first kappa shape index (κ1) is 15.3. The Bertz CT molecular complexity index is 844. The van der Waals surface area contributed by atoms with E-state index in [0.29, 0.717) is 20.9 Å². The monoisotopic (exact) mass is 350 g/mol. The van der Waals surface area contributed by atoms with E-state index in [-0.39, 0.29) is 17.6 Å². The Balaban J connectivity index is 1.80. The van der Waals surface area contributed by atoms with E-state index < -0.39 is 4.92 Å². The molecule has 8 nitrogen and oxygen atoms in total. The third kappa shape index (κ3) is 3.58. The van der Waals surface area contributed by atoms with Gasteiger partial charge < -0.3 is 9.73 Å². The SMILES string of the molecule is O=C1NC(=Nc2ccc(Cl)cn2)S/C1=C\c1ccc([N+](=O)[O-])o1. The number of nitrogens with zero attached hydrogens (tertiary/aromatic N) is 3. The number of amides is 1. The van der Waals surface area contributed by atoms with E-state index in [9.17, 15) is 14.9 Å². The highest BCUT2D eigenvalue weighted by molar-refractivity contribution is 8.18. The standard InChI is InChI=1S/C13H7ClN4O4S/c14-7-1-3-10(15-6-7)16-13-17-12(19)9(23-13)5-8-2-4-11(22-8)18(20)21/h1-6H,(H,15,16,17,19)/b9-5-. The number of rotatable bonds is 3. The highest BCUT2D eigenvalue weighted by atomic mass is 35.5. The van der Waals surface area contributed by atoms with Crippen molar-refractivity contribution in [1.29, 1.82) is 0 Å². The molecule has 3 rings (SSSR count). The predicted octanol–water partition coefficient (Wildman–Crippen LogP) is 3.13. The third-order valence-electron chi connectivity index (χ3n) is 2.64. The van der Waals surface area contributed by atoms with Gasteiger partial charge in [0, 0.05) is 12.3 Å². The maximum absolute atomic E-state index is 11.9. The molecule has 0 spiro atoms. The molecule has 1 amide bonds. The molecule has 1 N–H and O–H groups in total. The van der Waals surface area contributed by atoms with Gasteiger partial charge in [0.2, 0.25) is 0 Å². The van der Waals surface area contributed by atoms with Gasteiger partial charge in [-0.3, -0.25) is 14.9 Å². The van der Waals surface area contributed by atoms with Gasteiger partial charge in [-0.2, -0.15) is 0 Å². The Morgan fingerprint density at radius 3 is 2.87 bits per heavy atom. The summed E-state index contributed by atoms with van der Waals surface area (Å²) in [5.74, 6) is -0.159. The van der Waals surface area contributed by atoms with Gasteiger partial charge in [0.05, 0.1) is 16.0 Å². The Kier molecular flexibility index (Phi) is 4.13. The summed E-state index contributed by atoms with van der Waals surface area (Å²) in [5.41, 5.74) is 0. The molecule has 0 atom stereocenters. The molecule has 0 unspecified atom stereocenters. The van der Waals surface area contributed by atoms with Crippen LogP contribution in [0.5, 0.6) is 0 Å². The second-order valence-corrected chi connectivity index (χ2v) is 5.72. The number of halogens is 1. The summed E-state index contributed by atoms with van der Waals surface area (Å²) in [6, 6.07) is 5.87. The lowest BCUT2D eigenvalue weighted by atomic mass is 10.4. The summed E-state index contributed by atoms with van der Waals surface area (Å²) in [6.07, 6.45) is 2.85. The van der Waals surface area contributed by atoms with Crippen LogP contribution in [0.3, 0.4) is 0 Å². The lowest BCUT2D eigenvalue weighted by Gasteiger charge is -1.95. The van der Waals surface area contributed by atoms with Crippen LogP contribution in [0, 0.1) is 10.1 Å². The lowest BCUT2D eigenvalue weighted by molar-refractivity contribution is -0.402. The van der Waals surface area contributed by atoms with Crippen LogP contribution in [0.4, 0.5) is 11.7 Å². The highest BCUT2D eigenvalue weighted by Crippen LogP contribution is 2.29. The van der Waals surface area contributed by atoms with Crippen LogP contribution in [-0.4, -0.2) is 21.0 Å². The van der Waals surface area contributed by atoms with E-state index >= 15 is 0 Å². The second kappa shape index (κ2) is 6.23. The molecule has 23 heavy (non-hydrogen) atoms. The molecule has 0 saturated carbocycles. The maximum atomic E-state index is 11.9. The summed E-state index contributed by atoms with van der Waals surface area (Å²) in [7, 11) is 0. The second-order valence-electron chi connectivity index (χ2n) is 4.25. The van der Waals surface area contributed by atoms with Crippen molar-refractivity contribution in [2.24, 2.45) is 4.99 Å². The van der Waals surface area contributed by atoms with Crippen LogP contribution in [-0.2, 0) is 4.79 Å². The predicted molar refractivity (Wildman–Crippen MR) is 85.4 cm³/mol. The highest BCUT2D eigenvalue weighted by Gasteiger charge is 2.25. The van der Waals surface area contributed by atoms with Crippen LogP contribution in [0.1, 0.15) is 5.76 Å². The number of hydrogen-bond donors (Lipinski definition) is 1. The minimum Gasteiger partial charge on any atom is -0.401 e. The van der Waals surface area contributed by atoms with Gasteiger partial charge in [0.15, 0.2) is 11.0 Å². The minimum absolute atomic E-state index is 0.209. The molecular formula is C13H7ClN4O4S. The smallest absolute Gasteiger partial charge is 0.401 e. The summed E-state index contributed by atoms with van der Waals surface area (Å²) < 4.78 is 4.99. The topological polar surface area (TPSA) is 111 Å². The zero-order chi connectivity index (χ0) is 16.4. The first-order valence-corrected chi connectivity index (χ1v) is 7.36. The first-order valence-electron chi connectivity index (χ1n) is 6.16. The van der Waals surface area contributed by atoms with Crippen LogP contribution < -0.4 is 5.32 Å². The molecule has 10 heteroatoms. The number of amidine groups is 1. The molecule has 1 aliphatic rings. The fourth-order valence-corrected chi connectivity index (χ4v) is 2.59. The molecule has 0 bridgehead atoms. The fraction of sp³-hybridized carbons (Fsp3) is 0. The van der Waals surface area contributed by atoms with E-state index in [1.807, 2.05) is 0 Å². The van der Waals surface area contributed by atoms with Crippen LogP contribution in [0.25, 0.3) is 6.08 Å². The van der Waals surface area contributed by atoms with Gasteiger partial charge in [-0.05, 0) is 30.0 Å². The summed E-state index contributed by atoms with van der Waals surface area (Å²) in [4.78, 5) is 30.3. The maximum Gasteiger partial charge on any atom is 0.433 e. The largest absolute Gasteiger partial charge is 0.433 e. The molecule has 0 aromatic carbocycles. The molecule has 2 aromatic heterocycles. The van der Waals surface area contributed by atoms with Gasteiger partial charge >= 0.3 is 5.88 Å². The Labute approximate surface area is 138 Å². The molecule has 0 aliphatic carbocycles.